The normalized spacial score (nSPS) is 16.2. The van der Waals surface area contributed by atoms with E-state index in [1.807, 2.05) is 6.92 Å². The van der Waals surface area contributed by atoms with Crippen molar-refractivity contribution in [3.05, 3.63) is 23.9 Å². The largest absolute Gasteiger partial charge is 0.417 e. The zero-order valence-corrected chi connectivity index (χ0v) is 12.3. The Labute approximate surface area is 116 Å². The zero-order chi connectivity index (χ0) is 14.8. The third-order valence-corrected chi connectivity index (χ3v) is 4.52. The third-order valence-electron chi connectivity index (χ3n) is 2.64. The lowest BCUT2D eigenvalue weighted by Gasteiger charge is -2.32. The summed E-state index contributed by atoms with van der Waals surface area (Å²) in [6.45, 7) is 8.06. The van der Waals surface area contributed by atoms with Crippen LogP contribution in [0, 0.1) is 5.41 Å². The monoisotopic (exact) mass is 292 g/mol. The molecule has 0 bridgehead atoms. The number of hydrogen-bond donors (Lipinski definition) is 1. The summed E-state index contributed by atoms with van der Waals surface area (Å²) in [4.78, 5) is 3.87. The van der Waals surface area contributed by atoms with Gasteiger partial charge >= 0.3 is 6.18 Å². The van der Waals surface area contributed by atoms with Crippen LogP contribution in [0.25, 0.3) is 0 Å². The van der Waals surface area contributed by atoms with E-state index in [1.54, 1.807) is 0 Å². The van der Waals surface area contributed by atoms with E-state index >= 15 is 0 Å². The topological polar surface area (TPSA) is 38.9 Å². The molecular weight excluding hydrogens is 273 g/mol. The Hall–Kier alpha value is -0.750. The average molecular weight is 292 g/mol. The van der Waals surface area contributed by atoms with Gasteiger partial charge in [0.1, 0.15) is 0 Å². The van der Waals surface area contributed by atoms with Gasteiger partial charge in [-0.25, -0.2) is 4.98 Å². The minimum atomic E-state index is -4.35. The molecule has 0 aliphatic heterocycles. The van der Waals surface area contributed by atoms with Crippen LogP contribution in [0.15, 0.2) is 23.4 Å². The molecule has 0 amide bonds. The first-order valence-corrected chi connectivity index (χ1v) is 6.85. The number of thioether (sulfide) groups is 1. The van der Waals surface area contributed by atoms with Crippen molar-refractivity contribution < 1.29 is 13.2 Å². The minimum Gasteiger partial charge on any atom is -0.327 e. The van der Waals surface area contributed by atoms with Gasteiger partial charge < -0.3 is 5.73 Å². The summed E-state index contributed by atoms with van der Waals surface area (Å²) in [6.07, 6.45) is -3.48. The summed E-state index contributed by atoms with van der Waals surface area (Å²) in [7, 11) is 0. The van der Waals surface area contributed by atoms with Gasteiger partial charge in [-0.2, -0.15) is 13.2 Å². The van der Waals surface area contributed by atoms with Crippen molar-refractivity contribution in [1.82, 2.24) is 4.98 Å². The van der Waals surface area contributed by atoms with Crippen molar-refractivity contribution in [2.24, 2.45) is 11.1 Å². The highest BCUT2D eigenvalue weighted by molar-refractivity contribution is 8.00. The van der Waals surface area contributed by atoms with Gasteiger partial charge in [-0.05, 0) is 24.5 Å². The van der Waals surface area contributed by atoms with E-state index in [0.717, 1.165) is 12.3 Å². The molecule has 0 saturated heterocycles. The Balaban J connectivity index is 2.88. The van der Waals surface area contributed by atoms with Crippen LogP contribution in [-0.4, -0.2) is 16.3 Å². The van der Waals surface area contributed by atoms with Crippen molar-refractivity contribution in [2.75, 3.05) is 0 Å². The van der Waals surface area contributed by atoms with Gasteiger partial charge in [-0.3, -0.25) is 0 Å². The third kappa shape index (κ3) is 4.69. The van der Waals surface area contributed by atoms with E-state index in [1.165, 1.54) is 17.8 Å². The smallest absolute Gasteiger partial charge is 0.327 e. The van der Waals surface area contributed by atoms with Gasteiger partial charge in [0.25, 0.3) is 0 Å². The number of hydrogen-bond acceptors (Lipinski definition) is 3. The number of rotatable bonds is 3. The predicted molar refractivity (Wildman–Crippen MR) is 72.0 cm³/mol. The molecule has 0 spiro atoms. The highest BCUT2D eigenvalue weighted by Crippen LogP contribution is 2.37. The highest BCUT2D eigenvalue weighted by Gasteiger charge is 2.32. The van der Waals surface area contributed by atoms with Crippen LogP contribution in [0.2, 0.25) is 0 Å². The van der Waals surface area contributed by atoms with Crippen LogP contribution >= 0.6 is 11.8 Å². The fourth-order valence-corrected chi connectivity index (χ4v) is 2.91. The number of nitrogens with two attached hydrogens (primary N) is 1. The van der Waals surface area contributed by atoms with Crippen molar-refractivity contribution in [3.63, 3.8) is 0 Å². The molecule has 1 rings (SSSR count). The molecule has 2 unspecified atom stereocenters. The fourth-order valence-electron chi connectivity index (χ4n) is 1.82. The van der Waals surface area contributed by atoms with Crippen molar-refractivity contribution in [3.8, 4) is 0 Å². The molecular formula is C13H19F3N2S. The van der Waals surface area contributed by atoms with Crippen molar-refractivity contribution in [2.45, 2.75) is 50.2 Å². The molecule has 19 heavy (non-hydrogen) atoms. The molecule has 1 aromatic heterocycles. The summed E-state index contributed by atoms with van der Waals surface area (Å²) >= 11 is 1.42. The molecule has 6 heteroatoms. The van der Waals surface area contributed by atoms with Gasteiger partial charge in [0.15, 0.2) is 0 Å². The van der Waals surface area contributed by atoms with Gasteiger partial charge in [0.2, 0.25) is 0 Å². The predicted octanol–water partition coefficient (Wildman–Crippen LogP) is 3.95. The summed E-state index contributed by atoms with van der Waals surface area (Å²) in [6, 6.07) is 2.37. The van der Waals surface area contributed by atoms with Crippen LogP contribution in [0.4, 0.5) is 13.2 Å². The summed E-state index contributed by atoms with van der Waals surface area (Å²) in [5.41, 5.74) is 5.16. The number of nitrogens with zero attached hydrogens (tertiary/aromatic N) is 1. The molecule has 0 fully saturated rings. The van der Waals surface area contributed by atoms with Crippen LogP contribution in [0.5, 0.6) is 0 Å². The van der Waals surface area contributed by atoms with E-state index in [2.05, 4.69) is 25.8 Å². The Morgan fingerprint density at radius 2 is 1.79 bits per heavy atom. The van der Waals surface area contributed by atoms with Crippen LogP contribution < -0.4 is 5.73 Å². The second-order valence-corrected chi connectivity index (χ2v) is 6.81. The average Bonchev–Trinajstić information content (AvgIpc) is 2.23. The summed E-state index contributed by atoms with van der Waals surface area (Å²) in [5.74, 6) is 0. The van der Waals surface area contributed by atoms with E-state index < -0.39 is 11.7 Å². The highest BCUT2D eigenvalue weighted by atomic mass is 32.2. The van der Waals surface area contributed by atoms with Gasteiger partial charge in [-0.15, -0.1) is 11.8 Å². The fraction of sp³-hybridized carbons (Fsp3) is 0.615. The van der Waals surface area contributed by atoms with E-state index in [4.69, 9.17) is 5.73 Å². The van der Waals surface area contributed by atoms with Crippen molar-refractivity contribution in [1.29, 1.82) is 0 Å². The van der Waals surface area contributed by atoms with Crippen LogP contribution in [-0.2, 0) is 6.18 Å². The molecule has 0 aliphatic rings. The molecule has 108 valence electrons. The number of aromatic nitrogens is 1. The minimum absolute atomic E-state index is 0.0524. The number of alkyl halides is 3. The molecule has 0 saturated carbocycles. The Kier molecular flexibility index (Phi) is 4.90. The number of pyridine rings is 1. The molecule has 0 aliphatic carbocycles. The van der Waals surface area contributed by atoms with Gasteiger partial charge in [0, 0.05) is 17.5 Å². The van der Waals surface area contributed by atoms with Crippen molar-refractivity contribution >= 4 is 11.8 Å². The molecule has 2 atom stereocenters. The summed E-state index contributed by atoms with van der Waals surface area (Å²) in [5, 5.41) is 0.641. The van der Waals surface area contributed by atoms with Gasteiger partial charge in [0.05, 0.1) is 10.6 Å². The van der Waals surface area contributed by atoms with Gasteiger partial charge in [-0.1, -0.05) is 20.8 Å². The first-order chi connectivity index (χ1) is 8.51. The Bertz CT molecular complexity index is 407. The maximum Gasteiger partial charge on any atom is 0.417 e. The second-order valence-electron chi connectivity index (χ2n) is 5.65. The lowest BCUT2D eigenvalue weighted by Crippen LogP contribution is -2.38. The molecule has 2 N–H and O–H groups in total. The SMILES string of the molecule is CC(N)C(Sc1ccc(C(F)(F)F)cn1)C(C)(C)C. The van der Waals surface area contributed by atoms with E-state index in [0.29, 0.717) is 5.03 Å². The zero-order valence-electron chi connectivity index (χ0n) is 11.5. The Morgan fingerprint density at radius 1 is 1.21 bits per heavy atom. The molecule has 0 radical (unpaired) electrons. The Morgan fingerprint density at radius 3 is 2.11 bits per heavy atom. The molecule has 0 aromatic carbocycles. The lowest BCUT2D eigenvalue weighted by molar-refractivity contribution is -0.137. The van der Waals surface area contributed by atoms with Crippen LogP contribution in [0.3, 0.4) is 0 Å². The maximum atomic E-state index is 12.4. The van der Waals surface area contributed by atoms with Crippen LogP contribution in [0.1, 0.15) is 33.3 Å². The second kappa shape index (κ2) is 5.71. The molecule has 1 aromatic rings. The lowest BCUT2D eigenvalue weighted by atomic mass is 9.88. The molecule has 2 nitrogen and oxygen atoms in total. The molecule has 1 heterocycles. The first-order valence-electron chi connectivity index (χ1n) is 5.97. The summed E-state index contributed by atoms with van der Waals surface area (Å²) < 4.78 is 37.3. The maximum absolute atomic E-state index is 12.4. The van der Waals surface area contributed by atoms with E-state index in [-0.39, 0.29) is 16.7 Å². The first kappa shape index (κ1) is 16.3. The van der Waals surface area contributed by atoms with E-state index in [9.17, 15) is 13.2 Å². The standard InChI is InChI=1S/C13H19F3N2S/c1-8(17)11(12(2,3)4)19-10-6-5-9(7-18-10)13(14,15)16/h5-8,11H,17H2,1-4H3. The quantitative estimate of drug-likeness (QED) is 0.857. The number of halogens is 3.